The minimum absolute atomic E-state index is 0.512. The number of nitrogens with one attached hydrogen (secondary N) is 2. The van der Waals surface area contributed by atoms with Crippen LogP contribution in [0.1, 0.15) is 0 Å². The molecule has 6 heteroatoms. The number of nitrogens with zero attached hydrogens (tertiary/aromatic N) is 1. The average Bonchev–Trinajstić information content (AvgIpc) is 3.21. The number of ether oxygens (including phenoxy) is 3. The van der Waals surface area contributed by atoms with Crippen LogP contribution in [0, 0.1) is 0 Å². The SMILES string of the molecule is CNc1ccc(-c2cc(-c3ccc(OCCOCCOC)cc3)n[nH]2)cc1. The maximum absolute atomic E-state index is 5.67. The summed E-state index contributed by atoms with van der Waals surface area (Å²) in [4.78, 5) is 0. The van der Waals surface area contributed by atoms with E-state index >= 15 is 0 Å². The van der Waals surface area contributed by atoms with Gasteiger partial charge >= 0.3 is 0 Å². The first-order valence-corrected chi connectivity index (χ1v) is 8.93. The molecule has 1 aromatic heterocycles. The highest BCUT2D eigenvalue weighted by Gasteiger charge is 2.06. The van der Waals surface area contributed by atoms with Crippen molar-refractivity contribution in [1.82, 2.24) is 10.2 Å². The van der Waals surface area contributed by atoms with E-state index in [4.69, 9.17) is 14.2 Å². The summed E-state index contributed by atoms with van der Waals surface area (Å²) in [6.45, 7) is 2.23. The van der Waals surface area contributed by atoms with Crippen molar-refractivity contribution in [3.05, 3.63) is 54.6 Å². The van der Waals surface area contributed by atoms with E-state index in [0.717, 1.165) is 34.0 Å². The van der Waals surface area contributed by atoms with Gasteiger partial charge in [0, 0.05) is 25.4 Å². The minimum Gasteiger partial charge on any atom is -0.491 e. The molecule has 1 heterocycles. The Morgan fingerprint density at radius 2 is 1.59 bits per heavy atom. The molecular formula is C21H25N3O3. The highest BCUT2D eigenvalue weighted by molar-refractivity contribution is 5.69. The second-order valence-electron chi connectivity index (χ2n) is 5.97. The summed E-state index contributed by atoms with van der Waals surface area (Å²) in [7, 11) is 3.56. The van der Waals surface area contributed by atoms with Gasteiger partial charge in [0.25, 0.3) is 0 Å². The number of anilines is 1. The summed E-state index contributed by atoms with van der Waals surface area (Å²) in [6, 6.07) is 18.2. The van der Waals surface area contributed by atoms with E-state index in [2.05, 4.69) is 27.6 Å². The van der Waals surface area contributed by atoms with Crippen LogP contribution in [0.5, 0.6) is 5.75 Å². The quantitative estimate of drug-likeness (QED) is 0.533. The average molecular weight is 367 g/mol. The molecule has 2 aromatic carbocycles. The number of benzene rings is 2. The zero-order valence-electron chi connectivity index (χ0n) is 15.7. The van der Waals surface area contributed by atoms with Gasteiger partial charge in [-0.25, -0.2) is 0 Å². The Bertz CT molecular complexity index is 813. The molecule has 0 spiro atoms. The van der Waals surface area contributed by atoms with Crippen molar-refractivity contribution in [2.45, 2.75) is 0 Å². The lowest BCUT2D eigenvalue weighted by Gasteiger charge is -2.07. The van der Waals surface area contributed by atoms with Gasteiger partial charge in [-0.3, -0.25) is 5.10 Å². The normalized spacial score (nSPS) is 10.7. The number of aromatic nitrogens is 2. The number of hydrogen-bond acceptors (Lipinski definition) is 5. The van der Waals surface area contributed by atoms with Crippen molar-refractivity contribution in [3.63, 3.8) is 0 Å². The predicted molar refractivity (Wildman–Crippen MR) is 107 cm³/mol. The molecule has 0 atom stereocenters. The second kappa shape index (κ2) is 9.75. The third-order valence-corrected chi connectivity index (χ3v) is 4.14. The molecular weight excluding hydrogens is 342 g/mol. The monoisotopic (exact) mass is 367 g/mol. The summed E-state index contributed by atoms with van der Waals surface area (Å²) in [6.07, 6.45) is 0. The molecule has 0 radical (unpaired) electrons. The van der Waals surface area contributed by atoms with Gasteiger partial charge < -0.3 is 19.5 Å². The Balaban J connectivity index is 1.56. The van der Waals surface area contributed by atoms with Crippen molar-refractivity contribution in [3.8, 4) is 28.3 Å². The van der Waals surface area contributed by atoms with Crippen LogP contribution in [-0.2, 0) is 9.47 Å². The van der Waals surface area contributed by atoms with Gasteiger partial charge in [-0.2, -0.15) is 5.10 Å². The third-order valence-electron chi connectivity index (χ3n) is 4.14. The molecule has 0 bridgehead atoms. The highest BCUT2D eigenvalue weighted by atomic mass is 16.5. The number of aromatic amines is 1. The lowest BCUT2D eigenvalue weighted by atomic mass is 10.1. The Labute approximate surface area is 159 Å². The summed E-state index contributed by atoms with van der Waals surface area (Å²) in [5.74, 6) is 0.813. The van der Waals surface area contributed by atoms with E-state index in [0.29, 0.717) is 26.4 Å². The first kappa shape index (κ1) is 18.9. The fourth-order valence-corrected chi connectivity index (χ4v) is 2.62. The molecule has 142 valence electrons. The molecule has 3 aromatic rings. The largest absolute Gasteiger partial charge is 0.491 e. The van der Waals surface area contributed by atoms with Crippen LogP contribution in [0.4, 0.5) is 5.69 Å². The van der Waals surface area contributed by atoms with Crippen molar-refractivity contribution >= 4 is 5.69 Å². The number of rotatable bonds is 10. The van der Waals surface area contributed by atoms with Gasteiger partial charge in [0.2, 0.25) is 0 Å². The molecule has 2 N–H and O–H groups in total. The van der Waals surface area contributed by atoms with E-state index in [1.165, 1.54) is 0 Å². The molecule has 27 heavy (non-hydrogen) atoms. The van der Waals surface area contributed by atoms with E-state index in [1.807, 2.05) is 49.5 Å². The standard InChI is InChI=1S/C21H25N3O3/c1-22-18-7-3-16(4-8-18)20-15-21(24-23-20)17-5-9-19(10-6-17)27-14-13-26-12-11-25-2/h3-10,15,22H,11-14H2,1-2H3,(H,23,24). The Kier molecular flexibility index (Phi) is 6.84. The molecule has 0 unspecified atom stereocenters. The van der Waals surface area contributed by atoms with Crippen LogP contribution in [0.3, 0.4) is 0 Å². The highest BCUT2D eigenvalue weighted by Crippen LogP contribution is 2.26. The summed E-state index contributed by atoms with van der Waals surface area (Å²) < 4.78 is 16.0. The molecule has 0 amide bonds. The van der Waals surface area contributed by atoms with Crippen LogP contribution >= 0.6 is 0 Å². The van der Waals surface area contributed by atoms with Gasteiger partial charge in [0.1, 0.15) is 12.4 Å². The molecule has 0 aliphatic rings. The second-order valence-corrected chi connectivity index (χ2v) is 5.97. The molecule has 0 aliphatic heterocycles. The van der Waals surface area contributed by atoms with Gasteiger partial charge in [-0.1, -0.05) is 12.1 Å². The fourth-order valence-electron chi connectivity index (χ4n) is 2.62. The lowest BCUT2D eigenvalue weighted by molar-refractivity contribution is 0.0544. The smallest absolute Gasteiger partial charge is 0.119 e. The molecule has 6 nitrogen and oxygen atoms in total. The number of hydrogen-bond donors (Lipinski definition) is 2. The Hall–Kier alpha value is -2.83. The van der Waals surface area contributed by atoms with Crippen LogP contribution in [0.15, 0.2) is 54.6 Å². The van der Waals surface area contributed by atoms with Crippen molar-refractivity contribution < 1.29 is 14.2 Å². The van der Waals surface area contributed by atoms with Crippen LogP contribution in [0.25, 0.3) is 22.5 Å². The summed E-state index contributed by atoms with van der Waals surface area (Å²) in [5, 5.41) is 10.6. The van der Waals surface area contributed by atoms with Gasteiger partial charge in [0.05, 0.1) is 31.2 Å². The molecule has 3 rings (SSSR count). The van der Waals surface area contributed by atoms with E-state index in [-0.39, 0.29) is 0 Å². The van der Waals surface area contributed by atoms with E-state index in [1.54, 1.807) is 7.11 Å². The summed E-state index contributed by atoms with van der Waals surface area (Å²) in [5.41, 5.74) is 5.10. The zero-order chi connectivity index (χ0) is 18.9. The molecule has 0 fully saturated rings. The van der Waals surface area contributed by atoms with Gasteiger partial charge in [-0.15, -0.1) is 0 Å². The van der Waals surface area contributed by atoms with E-state index in [9.17, 15) is 0 Å². The first-order valence-electron chi connectivity index (χ1n) is 8.93. The van der Waals surface area contributed by atoms with Crippen LogP contribution in [0.2, 0.25) is 0 Å². The Morgan fingerprint density at radius 3 is 2.30 bits per heavy atom. The lowest BCUT2D eigenvalue weighted by Crippen LogP contribution is -2.09. The van der Waals surface area contributed by atoms with E-state index < -0.39 is 0 Å². The number of methoxy groups -OCH3 is 1. The molecule has 0 aliphatic carbocycles. The maximum atomic E-state index is 5.67. The first-order chi connectivity index (χ1) is 13.3. The van der Waals surface area contributed by atoms with Crippen molar-refractivity contribution in [2.75, 3.05) is 45.9 Å². The minimum atomic E-state index is 0.512. The fraction of sp³-hybridized carbons (Fsp3) is 0.286. The van der Waals surface area contributed by atoms with Gasteiger partial charge in [0.15, 0.2) is 0 Å². The third kappa shape index (κ3) is 5.32. The zero-order valence-corrected chi connectivity index (χ0v) is 15.7. The molecule has 0 saturated heterocycles. The van der Waals surface area contributed by atoms with Crippen LogP contribution in [-0.4, -0.2) is 50.8 Å². The van der Waals surface area contributed by atoms with Crippen molar-refractivity contribution in [1.29, 1.82) is 0 Å². The Morgan fingerprint density at radius 1 is 0.889 bits per heavy atom. The topological polar surface area (TPSA) is 68.4 Å². The number of H-pyrrole nitrogens is 1. The maximum Gasteiger partial charge on any atom is 0.119 e. The van der Waals surface area contributed by atoms with Gasteiger partial charge in [-0.05, 0) is 48.0 Å². The summed E-state index contributed by atoms with van der Waals surface area (Å²) >= 11 is 0. The predicted octanol–water partition coefficient (Wildman–Crippen LogP) is 3.83. The molecule has 0 saturated carbocycles. The van der Waals surface area contributed by atoms with Crippen LogP contribution < -0.4 is 10.1 Å². The van der Waals surface area contributed by atoms with Crippen molar-refractivity contribution in [2.24, 2.45) is 0 Å².